The van der Waals surface area contributed by atoms with Crippen molar-refractivity contribution in [1.82, 2.24) is 15.0 Å². The van der Waals surface area contributed by atoms with Crippen LogP contribution in [-0.2, 0) is 28.1 Å². The van der Waals surface area contributed by atoms with Crippen molar-refractivity contribution in [2.45, 2.75) is 39.9 Å². The fraction of sp³-hybridized carbons (Fsp3) is 0.229. The maximum Gasteiger partial charge on any atom is 0.360 e. The minimum atomic E-state index is -3.74. The summed E-state index contributed by atoms with van der Waals surface area (Å²) >= 11 is 0. The van der Waals surface area contributed by atoms with E-state index in [1.165, 1.54) is 13.2 Å². The van der Waals surface area contributed by atoms with E-state index in [0.717, 1.165) is 22.9 Å². The normalized spacial score (nSPS) is 11.3. The highest BCUT2D eigenvalue weighted by atomic mass is 32.2. The summed E-state index contributed by atoms with van der Waals surface area (Å²) in [5.74, 6) is 0.605. The monoisotopic (exact) mass is 641 g/mol. The van der Waals surface area contributed by atoms with Crippen LogP contribution in [0.3, 0.4) is 0 Å². The molecule has 1 heterocycles. The van der Waals surface area contributed by atoms with Gasteiger partial charge < -0.3 is 18.4 Å². The predicted molar refractivity (Wildman–Crippen MR) is 174 cm³/mol. The summed E-state index contributed by atoms with van der Waals surface area (Å²) in [4.78, 5) is 13.0. The maximum atomic E-state index is 13.0. The van der Waals surface area contributed by atoms with Crippen LogP contribution in [0.15, 0.2) is 91.0 Å². The van der Waals surface area contributed by atoms with Crippen LogP contribution in [0.1, 0.15) is 52.5 Å². The molecule has 46 heavy (non-hydrogen) atoms. The zero-order valence-corrected chi connectivity index (χ0v) is 27.1. The van der Waals surface area contributed by atoms with Crippen LogP contribution in [0, 0.1) is 6.92 Å². The van der Waals surface area contributed by atoms with E-state index in [9.17, 15) is 13.2 Å². The third kappa shape index (κ3) is 7.55. The van der Waals surface area contributed by atoms with Crippen molar-refractivity contribution < 1.29 is 31.6 Å². The van der Waals surface area contributed by atoms with Crippen molar-refractivity contribution in [3.05, 3.63) is 119 Å². The van der Waals surface area contributed by atoms with E-state index in [2.05, 4.69) is 24.2 Å². The standard InChI is InChI=1S/C35H35N3O7S/c1-23(2)29-19-30(32(44-22-26-14-10-7-11-15-26)20-31(29)43-21-25-12-8-6-9-13-25)38-34(33(36-37-38)35(39)42-4)28-17-16-27(18-24(28)3)45-46(5,40)41/h6-20,23H,21-22H2,1-5H3. The fourth-order valence-corrected chi connectivity index (χ4v) is 5.40. The molecule has 0 fully saturated rings. The first-order chi connectivity index (χ1) is 22.0. The third-order valence-corrected chi connectivity index (χ3v) is 7.66. The number of ether oxygens (including phenoxy) is 3. The van der Waals surface area contributed by atoms with Gasteiger partial charge in [-0.2, -0.15) is 8.42 Å². The van der Waals surface area contributed by atoms with Gasteiger partial charge in [0.15, 0.2) is 5.69 Å². The van der Waals surface area contributed by atoms with Crippen molar-refractivity contribution in [3.8, 4) is 34.2 Å². The van der Waals surface area contributed by atoms with Crippen molar-refractivity contribution in [3.63, 3.8) is 0 Å². The first kappa shape index (κ1) is 32.2. The molecule has 4 aromatic carbocycles. The molecule has 0 amide bonds. The summed E-state index contributed by atoms with van der Waals surface area (Å²) in [6, 6.07) is 28.1. The lowest BCUT2D eigenvalue weighted by molar-refractivity contribution is 0.0595. The molecule has 0 saturated carbocycles. The summed E-state index contributed by atoms with van der Waals surface area (Å²) in [5, 5.41) is 8.63. The number of nitrogens with zero attached hydrogens (tertiary/aromatic N) is 3. The van der Waals surface area contributed by atoms with E-state index in [-0.39, 0.29) is 24.0 Å². The number of aryl methyl sites for hydroxylation is 1. The van der Waals surface area contributed by atoms with Gasteiger partial charge in [-0.15, -0.1) is 5.10 Å². The molecule has 0 aliphatic carbocycles. The third-order valence-electron chi connectivity index (χ3n) is 7.17. The van der Waals surface area contributed by atoms with Crippen molar-refractivity contribution in [1.29, 1.82) is 0 Å². The number of hydrogen-bond acceptors (Lipinski definition) is 9. The molecule has 0 aliphatic rings. The van der Waals surface area contributed by atoms with Crippen molar-refractivity contribution >= 4 is 16.1 Å². The molecule has 238 valence electrons. The average Bonchev–Trinajstić information content (AvgIpc) is 3.47. The van der Waals surface area contributed by atoms with E-state index < -0.39 is 16.1 Å². The minimum Gasteiger partial charge on any atom is -0.488 e. The van der Waals surface area contributed by atoms with E-state index in [4.69, 9.17) is 18.4 Å². The van der Waals surface area contributed by atoms with Gasteiger partial charge in [0.25, 0.3) is 0 Å². The molecule has 0 saturated heterocycles. The molecule has 11 heteroatoms. The lowest BCUT2D eigenvalue weighted by atomic mass is 9.99. The fourth-order valence-electron chi connectivity index (χ4n) is 4.95. The number of methoxy groups -OCH3 is 1. The molecule has 5 aromatic rings. The lowest BCUT2D eigenvalue weighted by Crippen LogP contribution is -2.10. The first-order valence-corrected chi connectivity index (χ1v) is 16.4. The Morgan fingerprint density at radius 3 is 2.00 bits per heavy atom. The van der Waals surface area contributed by atoms with Crippen LogP contribution in [-0.4, -0.2) is 42.7 Å². The van der Waals surface area contributed by atoms with Crippen LogP contribution < -0.4 is 13.7 Å². The Hall–Kier alpha value is -5.16. The van der Waals surface area contributed by atoms with Crippen LogP contribution in [0.2, 0.25) is 0 Å². The van der Waals surface area contributed by atoms with Gasteiger partial charge in [0, 0.05) is 11.6 Å². The van der Waals surface area contributed by atoms with E-state index in [1.54, 1.807) is 23.7 Å². The molecular formula is C35H35N3O7S. The maximum absolute atomic E-state index is 13.0. The number of rotatable bonds is 12. The van der Waals surface area contributed by atoms with Crippen LogP contribution in [0.5, 0.6) is 17.2 Å². The predicted octanol–water partition coefficient (Wildman–Crippen LogP) is 6.65. The Kier molecular flexibility index (Phi) is 9.72. The molecule has 0 spiro atoms. The second-order valence-corrected chi connectivity index (χ2v) is 12.6. The highest BCUT2D eigenvalue weighted by Crippen LogP contribution is 2.39. The first-order valence-electron chi connectivity index (χ1n) is 14.6. The largest absolute Gasteiger partial charge is 0.488 e. The Labute approximate surface area is 268 Å². The quantitative estimate of drug-likeness (QED) is 0.109. The van der Waals surface area contributed by atoms with E-state index in [1.807, 2.05) is 72.8 Å². The molecule has 0 unspecified atom stereocenters. The van der Waals surface area contributed by atoms with Crippen molar-refractivity contribution in [2.75, 3.05) is 13.4 Å². The molecule has 10 nitrogen and oxygen atoms in total. The zero-order chi connectivity index (χ0) is 32.8. The summed E-state index contributed by atoms with van der Waals surface area (Å²) < 4.78 is 48.0. The Balaban J connectivity index is 1.67. The summed E-state index contributed by atoms with van der Waals surface area (Å²) in [7, 11) is -2.48. The molecule has 0 radical (unpaired) electrons. The average molecular weight is 642 g/mol. The molecular weight excluding hydrogens is 606 g/mol. The van der Waals surface area contributed by atoms with Crippen LogP contribution in [0.25, 0.3) is 16.9 Å². The molecule has 0 atom stereocenters. The van der Waals surface area contributed by atoms with Gasteiger partial charge in [0.2, 0.25) is 0 Å². The molecule has 1 aromatic heterocycles. The number of hydrogen-bond donors (Lipinski definition) is 0. The highest BCUT2D eigenvalue weighted by Gasteiger charge is 2.27. The summed E-state index contributed by atoms with van der Waals surface area (Å²) in [6.45, 7) is 6.52. The molecule has 0 N–H and O–H groups in total. The van der Waals surface area contributed by atoms with Gasteiger partial charge in [-0.25, -0.2) is 9.48 Å². The highest BCUT2D eigenvalue weighted by molar-refractivity contribution is 7.86. The van der Waals surface area contributed by atoms with Gasteiger partial charge in [-0.1, -0.05) is 79.7 Å². The Morgan fingerprint density at radius 2 is 1.46 bits per heavy atom. The molecule has 5 rings (SSSR count). The number of carbonyl (C=O) groups is 1. The SMILES string of the molecule is COC(=O)c1nnn(-c2cc(C(C)C)c(OCc3ccccc3)cc2OCc2ccccc2)c1-c1ccc(OS(C)(=O)=O)cc1C. The van der Waals surface area contributed by atoms with E-state index >= 15 is 0 Å². The topological polar surface area (TPSA) is 119 Å². The smallest absolute Gasteiger partial charge is 0.360 e. The summed E-state index contributed by atoms with van der Waals surface area (Å²) in [6.07, 6.45) is 0.973. The van der Waals surface area contributed by atoms with E-state index in [0.29, 0.717) is 40.6 Å². The van der Waals surface area contributed by atoms with Crippen LogP contribution in [0.4, 0.5) is 0 Å². The zero-order valence-electron chi connectivity index (χ0n) is 26.3. The second-order valence-electron chi connectivity index (χ2n) is 11.0. The van der Waals surface area contributed by atoms with Crippen molar-refractivity contribution in [2.24, 2.45) is 0 Å². The van der Waals surface area contributed by atoms with Gasteiger partial charge in [0.1, 0.15) is 41.8 Å². The number of esters is 1. The Morgan fingerprint density at radius 1 is 0.848 bits per heavy atom. The van der Waals surface area contributed by atoms with Gasteiger partial charge in [-0.3, -0.25) is 0 Å². The van der Waals surface area contributed by atoms with Gasteiger partial charge >= 0.3 is 16.1 Å². The Bertz CT molecular complexity index is 1940. The van der Waals surface area contributed by atoms with Crippen LogP contribution >= 0.6 is 0 Å². The summed E-state index contributed by atoms with van der Waals surface area (Å²) in [5.41, 5.74) is 4.91. The lowest BCUT2D eigenvalue weighted by Gasteiger charge is -2.20. The van der Waals surface area contributed by atoms with Gasteiger partial charge in [0.05, 0.1) is 13.4 Å². The molecule has 0 bridgehead atoms. The number of benzene rings is 4. The molecule has 0 aliphatic heterocycles. The number of carbonyl (C=O) groups excluding carboxylic acids is 1. The van der Waals surface area contributed by atoms with Gasteiger partial charge in [-0.05, 0) is 59.4 Å². The second kappa shape index (κ2) is 13.9. The number of aromatic nitrogens is 3. The minimum absolute atomic E-state index is 0.0214.